The summed E-state index contributed by atoms with van der Waals surface area (Å²) in [6.07, 6.45) is 0.918. The fraction of sp³-hybridized carbons (Fsp3) is 0.368. The molecule has 11 heteroatoms. The van der Waals surface area contributed by atoms with Crippen molar-refractivity contribution in [2.45, 2.75) is 18.6 Å². The third kappa shape index (κ3) is 4.83. The minimum atomic E-state index is -3.85. The second-order valence-electron chi connectivity index (χ2n) is 7.05. The van der Waals surface area contributed by atoms with E-state index in [9.17, 15) is 12.8 Å². The number of hydrogen-bond donors (Lipinski definition) is 2. The Labute approximate surface area is 193 Å². The first-order valence-corrected chi connectivity index (χ1v) is 12.2. The van der Waals surface area contributed by atoms with Crippen LogP contribution >= 0.6 is 34.2 Å². The maximum Gasteiger partial charge on any atom is 0.301 e. The number of nitrogens with one attached hydrogen (secondary N) is 2. The molecule has 4 rings (SSSR count). The Morgan fingerprint density at radius 1 is 1.03 bits per heavy atom. The third-order valence-corrected chi connectivity index (χ3v) is 7.57. The Morgan fingerprint density at radius 3 is 2.37 bits per heavy atom. The molecule has 2 aromatic carbocycles. The molecule has 2 aliphatic rings. The Morgan fingerprint density at radius 2 is 1.70 bits per heavy atom. The van der Waals surface area contributed by atoms with E-state index in [1.54, 1.807) is 12.1 Å². The number of hydrogen-bond acceptors (Lipinski definition) is 5. The zero-order chi connectivity index (χ0) is 21.4. The van der Waals surface area contributed by atoms with Crippen LogP contribution < -0.4 is 10.0 Å². The predicted molar refractivity (Wildman–Crippen MR) is 122 cm³/mol. The molecule has 0 unspecified atom stereocenters. The molecule has 7 nitrogen and oxygen atoms in total. The Kier molecular flexibility index (Phi) is 6.43. The van der Waals surface area contributed by atoms with Crippen molar-refractivity contribution in [2.75, 3.05) is 36.3 Å². The highest BCUT2D eigenvalue weighted by Crippen LogP contribution is 2.34. The monoisotopic (exact) mass is 567 g/mol. The summed E-state index contributed by atoms with van der Waals surface area (Å²) in [5, 5.41) is 3.46. The highest BCUT2D eigenvalue weighted by molar-refractivity contribution is 14.1. The van der Waals surface area contributed by atoms with Gasteiger partial charge >= 0.3 is 10.2 Å². The van der Waals surface area contributed by atoms with Crippen LogP contribution in [0.3, 0.4) is 0 Å². The number of benzene rings is 2. The normalized spacial score (nSPS) is 19.2. The van der Waals surface area contributed by atoms with Gasteiger partial charge in [-0.1, -0.05) is 11.6 Å². The lowest BCUT2D eigenvalue weighted by atomic mass is 10.1. The van der Waals surface area contributed by atoms with E-state index in [0.29, 0.717) is 36.8 Å². The highest BCUT2D eigenvalue weighted by Gasteiger charge is 2.42. The number of nitrogens with zero attached hydrogens (tertiary/aromatic N) is 1. The molecule has 2 saturated heterocycles. The molecule has 0 saturated carbocycles. The molecule has 0 amide bonds. The fourth-order valence-electron chi connectivity index (χ4n) is 3.50. The number of halogens is 3. The summed E-state index contributed by atoms with van der Waals surface area (Å²) >= 11 is 8.39. The molecular formula is C19H20ClFIN3O4S. The van der Waals surface area contributed by atoms with E-state index in [0.717, 1.165) is 3.57 Å². The molecule has 2 N–H and O–H groups in total. The second-order valence-corrected chi connectivity index (χ2v) is 10.4. The molecule has 0 aliphatic carbocycles. The number of piperidine rings is 1. The molecular weight excluding hydrogens is 548 g/mol. The van der Waals surface area contributed by atoms with Crippen molar-refractivity contribution >= 4 is 61.5 Å². The average Bonchev–Trinajstić information content (AvgIpc) is 3.14. The minimum Gasteiger partial charge on any atom is -0.353 e. The van der Waals surface area contributed by atoms with E-state index in [-0.39, 0.29) is 24.5 Å². The lowest BCUT2D eigenvalue weighted by Crippen LogP contribution is -2.48. The van der Waals surface area contributed by atoms with E-state index in [1.807, 2.05) is 6.07 Å². The second kappa shape index (κ2) is 8.75. The van der Waals surface area contributed by atoms with Gasteiger partial charge in [-0.25, -0.2) is 4.39 Å². The van der Waals surface area contributed by atoms with Crippen LogP contribution in [0.1, 0.15) is 12.8 Å². The number of rotatable bonds is 5. The molecule has 2 heterocycles. The van der Waals surface area contributed by atoms with Gasteiger partial charge in [0.1, 0.15) is 5.82 Å². The van der Waals surface area contributed by atoms with Gasteiger partial charge in [0.25, 0.3) is 0 Å². The van der Waals surface area contributed by atoms with Crippen LogP contribution in [-0.2, 0) is 19.7 Å². The van der Waals surface area contributed by atoms with Crippen LogP contribution in [0.15, 0.2) is 36.4 Å². The molecule has 0 radical (unpaired) electrons. The summed E-state index contributed by atoms with van der Waals surface area (Å²) in [6.45, 7) is 1.58. The van der Waals surface area contributed by atoms with Crippen LogP contribution in [0.5, 0.6) is 0 Å². The van der Waals surface area contributed by atoms with Gasteiger partial charge in [-0.05, 0) is 59.0 Å². The van der Waals surface area contributed by atoms with Gasteiger partial charge < -0.3 is 14.8 Å². The summed E-state index contributed by atoms with van der Waals surface area (Å²) < 4.78 is 55.9. The van der Waals surface area contributed by atoms with E-state index in [2.05, 4.69) is 32.6 Å². The summed E-state index contributed by atoms with van der Waals surface area (Å²) in [5.41, 5.74) is 1.02. The Bertz CT molecular complexity index is 1040. The summed E-state index contributed by atoms with van der Waals surface area (Å²) in [5.74, 6) is -1.17. The van der Waals surface area contributed by atoms with Crippen molar-refractivity contribution in [1.29, 1.82) is 0 Å². The topological polar surface area (TPSA) is 79.9 Å². The molecule has 30 heavy (non-hydrogen) atoms. The lowest BCUT2D eigenvalue weighted by Gasteiger charge is -2.36. The van der Waals surface area contributed by atoms with E-state index in [4.69, 9.17) is 21.1 Å². The Hall–Kier alpha value is -1.18. The fourth-order valence-corrected chi connectivity index (χ4v) is 5.65. The first-order chi connectivity index (χ1) is 14.3. The van der Waals surface area contributed by atoms with Gasteiger partial charge in [0.15, 0.2) is 5.79 Å². The van der Waals surface area contributed by atoms with Gasteiger partial charge in [-0.3, -0.25) is 4.72 Å². The van der Waals surface area contributed by atoms with Gasteiger partial charge in [0, 0.05) is 29.5 Å². The molecule has 0 atom stereocenters. The molecule has 2 fully saturated rings. The van der Waals surface area contributed by atoms with Crippen molar-refractivity contribution < 1.29 is 22.3 Å². The molecule has 0 bridgehead atoms. The summed E-state index contributed by atoms with van der Waals surface area (Å²) in [4.78, 5) is 0. The number of ether oxygens (including phenoxy) is 2. The van der Waals surface area contributed by atoms with Crippen molar-refractivity contribution in [3.63, 3.8) is 0 Å². The molecule has 2 aromatic rings. The molecule has 2 aliphatic heterocycles. The smallest absolute Gasteiger partial charge is 0.301 e. The van der Waals surface area contributed by atoms with Crippen LogP contribution in [0.2, 0.25) is 5.02 Å². The maximum atomic E-state index is 13.9. The maximum absolute atomic E-state index is 13.9. The van der Waals surface area contributed by atoms with Gasteiger partial charge in [0.05, 0.1) is 35.3 Å². The van der Waals surface area contributed by atoms with Crippen molar-refractivity contribution in [1.82, 2.24) is 4.31 Å². The van der Waals surface area contributed by atoms with Gasteiger partial charge in [-0.15, -0.1) is 0 Å². The van der Waals surface area contributed by atoms with Crippen molar-refractivity contribution in [3.8, 4) is 0 Å². The predicted octanol–water partition coefficient (Wildman–Crippen LogP) is 4.32. The standard InChI is InChI=1S/C19H20ClFIN3O4S/c20-15-12-14(22)2-4-16(15)23-18-11-13(21)1-3-17(18)24-30(26,27)25-7-5-19(6-8-25)28-9-10-29-19/h1-4,11-12,23-24H,5-10H2. The van der Waals surface area contributed by atoms with Crippen molar-refractivity contribution in [2.24, 2.45) is 0 Å². The first kappa shape index (κ1) is 22.0. The molecule has 1 spiro atoms. The zero-order valence-corrected chi connectivity index (χ0v) is 19.6. The first-order valence-electron chi connectivity index (χ1n) is 9.34. The van der Waals surface area contributed by atoms with E-state index >= 15 is 0 Å². The largest absolute Gasteiger partial charge is 0.353 e. The van der Waals surface area contributed by atoms with Crippen LogP contribution in [0.4, 0.5) is 21.5 Å². The lowest BCUT2D eigenvalue weighted by molar-refractivity contribution is -0.179. The average molecular weight is 568 g/mol. The molecule has 0 aromatic heterocycles. The summed E-state index contributed by atoms with van der Waals surface area (Å²) in [7, 11) is -3.85. The quantitative estimate of drug-likeness (QED) is 0.526. The van der Waals surface area contributed by atoms with Crippen molar-refractivity contribution in [3.05, 3.63) is 50.8 Å². The Balaban J connectivity index is 1.52. The summed E-state index contributed by atoms with van der Waals surface area (Å²) in [6, 6.07) is 9.14. The SMILES string of the molecule is O=S(=O)(Nc1ccc(F)cc1Nc1ccc(I)cc1Cl)N1CCC2(CC1)OCCO2. The molecule has 162 valence electrons. The zero-order valence-electron chi connectivity index (χ0n) is 15.8. The van der Waals surface area contributed by atoms with E-state index in [1.165, 1.54) is 22.5 Å². The van der Waals surface area contributed by atoms with Crippen LogP contribution in [-0.4, -0.2) is 44.8 Å². The van der Waals surface area contributed by atoms with Gasteiger partial charge in [0.2, 0.25) is 0 Å². The minimum absolute atomic E-state index is 0.222. The highest BCUT2D eigenvalue weighted by atomic mass is 127. The van der Waals surface area contributed by atoms with E-state index < -0.39 is 21.8 Å². The number of anilines is 3. The van der Waals surface area contributed by atoms with Crippen LogP contribution in [0.25, 0.3) is 0 Å². The van der Waals surface area contributed by atoms with Crippen LogP contribution in [0, 0.1) is 9.39 Å². The third-order valence-electron chi connectivity index (χ3n) is 5.06. The van der Waals surface area contributed by atoms with Gasteiger partial charge in [-0.2, -0.15) is 12.7 Å².